The van der Waals surface area contributed by atoms with E-state index in [1.165, 1.54) is 6.33 Å². The highest BCUT2D eigenvalue weighted by atomic mass is 32.1. The summed E-state index contributed by atoms with van der Waals surface area (Å²) in [5, 5.41) is 9.38. The van der Waals surface area contributed by atoms with E-state index in [2.05, 4.69) is 27.6 Å². The van der Waals surface area contributed by atoms with Crippen LogP contribution in [0.4, 0.5) is 4.39 Å². The van der Waals surface area contributed by atoms with Crippen LogP contribution in [0.15, 0.2) is 17.3 Å². The van der Waals surface area contributed by atoms with Gasteiger partial charge in [-0.3, -0.25) is 9.69 Å². The molecule has 1 fully saturated rings. The second kappa shape index (κ2) is 5.11. The number of rotatable bonds is 3. The highest BCUT2D eigenvalue weighted by Crippen LogP contribution is 2.33. The Morgan fingerprint density at radius 1 is 1.67 bits per heavy atom. The van der Waals surface area contributed by atoms with E-state index in [9.17, 15) is 14.3 Å². The molecule has 1 aliphatic rings. The maximum absolute atomic E-state index is 14.6. The molecule has 3 rings (SSSR count). The molecular weight excluding hydrogens is 295 g/mol. The minimum atomic E-state index is -1.72. The Labute approximate surface area is 125 Å². The van der Waals surface area contributed by atoms with E-state index in [1.807, 2.05) is 4.90 Å². The normalized spacial score (nSPS) is 28.3. The van der Waals surface area contributed by atoms with Crippen LogP contribution in [0, 0.1) is 0 Å². The third kappa shape index (κ3) is 2.37. The molecule has 0 radical (unpaired) electrons. The molecule has 2 aromatic rings. The number of alkyl halides is 1. The van der Waals surface area contributed by atoms with Gasteiger partial charge in [0.15, 0.2) is 5.67 Å². The number of aliphatic hydroxyl groups excluding tert-OH is 1. The fraction of sp³-hybridized carbons (Fsp3) is 0.538. The van der Waals surface area contributed by atoms with Gasteiger partial charge in [-0.05, 0) is 0 Å². The van der Waals surface area contributed by atoms with Crippen molar-refractivity contribution < 1.29 is 9.50 Å². The molecule has 0 aromatic carbocycles. The smallest absolute Gasteiger partial charge is 0.275 e. The van der Waals surface area contributed by atoms with Crippen LogP contribution in [0.5, 0.6) is 0 Å². The molecule has 8 heteroatoms. The summed E-state index contributed by atoms with van der Waals surface area (Å²) in [6.45, 7) is 2.40. The first-order valence-electron chi connectivity index (χ1n) is 6.73. The first kappa shape index (κ1) is 14.6. The van der Waals surface area contributed by atoms with Crippen LogP contribution in [0.2, 0.25) is 0 Å². The molecule has 0 aliphatic carbocycles. The molecule has 3 heterocycles. The topological polar surface area (TPSA) is 85.0 Å². The minimum Gasteiger partial charge on any atom is -0.388 e. The Morgan fingerprint density at radius 3 is 3.10 bits per heavy atom. The van der Waals surface area contributed by atoms with Crippen molar-refractivity contribution in [2.24, 2.45) is 0 Å². The van der Waals surface area contributed by atoms with Crippen LogP contribution < -0.4 is 5.56 Å². The van der Waals surface area contributed by atoms with Gasteiger partial charge < -0.3 is 15.1 Å². The second-order valence-corrected chi connectivity index (χ2v) is 6.33. The Kier molecular flexibility index (Phi) is 3.54. The summed E-state index contributed by atoms with van der Waals surface area (Å²) in [6.07, 6.45) is 1.98. The molecule has 0 amide bonds. The van der Waals surface area contributed by atoms with Gasteiger partial charge in [-0.25, -0.2) is 9.37 Å². The maximum Gasteiger partial charge on any atom is 0.275 e. The lowest BCUT2D eigenvalue weighted by molar-refractivity contribution is 0.0334. The van der Waals surface area contributed by atoms with Gasteiger partial charge in [-0.2, -0.15) is 12.6 Å². The van der Waals surface area contributed by atoms with Crippen LogP contribution in [-0.4, -0.2) is 55.1 Å². The first-order chi connectivity index (χ1) is 9.91. The van der Waals surface area contributed by atoms with Crippen molar-refractivity contribution in [1.82, 2.24) is 19.9 Å². The van der Waals surface area contributed by atoms with Gasteiger partial charge in [0.1, 0.15) is 11.6 Å². The van der Waals surface area contributed by atoms with E-state index in [0.29, 0.717) is 17.6 Å². The summed E-state index contributed by atoms with van der Waals surface area (Å²) in [6, 6.07) is 0. The van der Waals surface area contributed by atoms with E-state index >= 15 is 0 Å². The van der Waals surface area contributed by atoms with E-state index in [0.717, 1.165) is 5.56 Å². The van der Waals surface area contributed by atoms with Crippen molar-refractivity contribution in [3.8, 4) is 0 Å². The first-order valence-corrected chi connectivity index (χ1v) is 7.24. The van der Waals surface area contributed by atoms with Crippen molar-refractivity contribution in [1.29, 1.82) is 0 Å². The van der Waals surface area contributed by atoms with Gasteiger partial charge in [0.05, 0.1) is 11.8 Å². The zero-order chi connectivity index (χ0) is 15.2. The average molecular weight is 312 g/mol. The number of hydrogen-bond donors (Lipinski definition) is 4. The number of nitrogens with zero attached hydrogens (tertiary/aromatic N) is 2. The number of β-amino-alcohol motifs (C(OH)–C–C–N with tert-alkyl or cyclic N) is 1. The number of H-pyrrole nitrogens is 2. The van der Waals surface area contributed by atoms with E-state index in [-0.39, 0.29) is 18.6 Å². The zero-order valence-electron chi connectivity index (χ0n) is 11.5. The predicted molar refractivity (Wildman–Crippen MR) is 80.3 cm³/mol. The molecule has 2 aromatic heterocycles. The molecule has 1 unspecified atom stereocenters. The van der Waals surface area contributed by atoms with E-state index < -0.39 is 17.0 Å². The van der Waals surface area contributed by atoms with Gasteiger partial charge in [0.2, 0.25) is 0 Å². The second-order valence-electron chi connectivity index (χ2n) is 5.56. The molecule has 1 saturated heterocycles. The van der Waals surface area contributed by atoms with Crippen molar-refractivity contribution >= 4 is 23.7 Å². The van der Waals surface area contributed by atoms with Gasteiger partial charge >= 0.3 is 0 Å². The highest BCUT2D eigenvalue weighted by molar-refractivity contribution is 7.81. The lowest BCUT2D eigenvalue weighted by atomic mass is 9.99. The molecule has 0 spiro atoms. The summed E-state index contributed by atoms with van der Waals surface area (Å²) in [4.78, 5) is 23.0. The maximum atomic E-state index is 14.6. The van der Waals surface area contributed by atoms with Gasteiger partial charge in [0, 0.05) is 36.6 Å². The average Bonchev–Trinajstić information content (AvgIpc) is 2.95. The largest absolute Gasteiger partial charge is 0.388 e. The molecule has 6 nitrogen and oxygen atoms in total. The quantitative estimate of drug-likeness (QED) is 0.620. The van der Waals surface area contributed by atoms with Crippen LogP contribution in [0.25, 0.3) is 11.0 Å². The van der Waals surface area contributed by atoms with Crippen LogP contribution in [0.1, 0.15) is 12.5 Å². The van der Waals surface area contributed by atoms with Crippen LogP contribution in [0.3, 0.4) is 0 Å². The fourth-order valence-electron chi connectivity index (χ4n) is 2.81. The molecule has 21 heavy (non-hydrogen) atoms. The molecule has 0 saturated carbocycles. The number of hydrogen-bond acceptors (Lipinski definition) is 5. The van der Waals surface area contributed by atoms with Crippen molar-refractivity contribution in [2.45, 2.75) is 30.5 Å². The Morgan fingerprint density at radius 2 is 2.43 bits per heavy atom. The fourth-order valence-corrected chi connectivity index (χ4v) is 3.06. The lowest BCUT2D eigenvalue weighted by Gasteiger charge is -2.26. The number of halogens is 1. The number of aliphatic hydroxyl groups is 1. The van der Waals surface area contributed by atoms with Gasteiger partial charge in [0.25, 0.3) is 5.56 Å². The third-order valence-electron chi connectivity index (χ3n) is 4.09. The third-order valence-corrected chi connectivity index (χ3v) is 4.52. The molecule has 114 valence electrons. The van der Waals surface area contributed by atoms with Gasteiger partial charge in [-0.15, -0.1) is 0 Å². The predicted octanol–water partition coefficient (Wildman–Crippen LogP) is 0.454. The minimum absolute atomic E-state index is 0.106. The van der Waals surface area contributed by atoms with Gasteiger partial charge in [-0.1, -0.05) is 6.92 Å². The number of fused-ring (bicyclic) bond motifs is 1. The lowest BCUT2D eigenvalue weighted by Crippen LogP contribution is -2.44. The Hall–Kier alpha value is -1.38. The molecular formula is C13H17FN4O2S. The monoisotopic (exact) mass is 312 g/mol. The zero-order valence-corrected chi connectivity index (χ0v) is 12.4. The number of nitrogens with one attached hydrogen (secondary N) is 2. The molecule has 0 bridgehead atoms. The highest BCUT2D eigenvalue weighted by Gasteiger charge is 2.49. The summed E-state index contributed by atoms with van der Waals surface area (Å²) in [7, 11) is 0. The summed E-state index contributed by atoms with van der Waals surface area (Å²) in [5.74, 6) is 0. The Bertz CT molecular complexity index is 716. The number of likely N-dealkylation sites (tertiary alicyclic amines) is 1. The Balaban J connectivity index is 1.84. The summed E-state index contributed by atoms with van der Waals surface area (Å²) >= 11 is 4.14. The number of aromatic nitrogens is 3. The van der Waals surface area contributed by atoms with Crippen LogP contribution >= 0.6 is 12.6 Å². The van der Waals surface area contributed by atoms with Crippen molar-refractivity contribution in [3.05, 3.63) is 28.4 Å². The van der Waals surface area contributed by atoms with E-state index in [4.69, 9.17) is 0 Å². The summed E-state index contributed by atoms with van der Waals surface area (Å²) < 4.78 is 14.6. The standard InChI is InChI=1S/C13H17FN4O2S/c1-7(21)13(14)5-18(4-9(13)19)3-8-2-15-11-10(8)16-6-17-12(11)20/h2,6-7,9,15,19,21H,3-5H2,1H3,(H,16,17,20)/t7?,9-,13-/m0/s1. The number of aromatic amines is 2. The molecule has 3 atom stereocenters. The van der Waals surface area contributed by atoms with Crippen molar-refractivity contribution in [2.75, 3.05) is 13.1 Å². The van der Waals surface area contributed by atoms with E-state index in [1.54, 1.807) is 13.1 Å². The SMILES string of the molecule is CC(S)[C@@]1(F)CN(Cc2c[nH]c3c(=O)[nH]cnc23)C[C@@H]1O. The van der Waals surface area contributed by atoms with Crippen molar-refractivity contribution in [3.63, 3.8) is 0 Å². The van der Waals surface area contributed by atoms with Crippen LogP contribution in [-0.2, 0) is 6.54 Å². The summed E-state index contributed by atoms with van der Waals surface area (Å²) in [5.41, 5.74) is -0.180. The molecule has 1 aliphatic heterocycles. The number of thiol groups is 1. The molecule has 3 N–H and O–H groups in total.